The molecule has 1 amide bonds. The second-order valence-electron chi connectivity index (χ2n) is 3.46. The van der Waals surface area contributed by atoms with Crippen molar-refractivity contribution in [3.8, 4) is 0 Å². The molecular formula is C11H11N3O3. The van der Waals surface area contributed by atoms with E-state index in [9.17, 15) is 9.59 Å². The SMILES string of the molecule is COC(=O)C(=O)N(C)c1ccc2nc[nH]c2c1. The zero-order valence-electron chi connectivity index (χ0n) is 9.43. The molecule has 0 saturated carbocycles. The van der Waals surface area contributed by atoms with Crippen molar-refractivity contribution in [1.29, 1.82) is 0 Å². The number of amides is 1. The fourth-order valence-electron chi connectivity index (χ4n) is 1.47. The van der Waals surface area contributed by atoms with Crippen LogP contribution in [0.3, 0.4) is 0 Å². The summed E-state index contributed by atoms with van der Waals surface area (Å²) in [5.41, 5.74) is 2.19. The predicted molar refractivity (Wildman–Crippen MR) is 61.5 cm³/mol. The molecule has 1 aromatic heterocycles. The smallest absolute Gasteiger partial charge is 0.397 e. The zero-order chi connectivity index (χ0) is 12.4. The van der Waals surface area contributed by atoms with Gasteiger partial charge in [0, 0.05) is 12.7 Å². The van der Waals surface area contributed by atoms with Gasteiger partial charge in [-0.3, -0.25) is 4.79 Å². The highest BCUT2D eigenvalue weighted by atomic mass is 16.5. The van der Waals surface area contributed by atoms with Gasteiger partial charge >= 0.3 is 11.9 Å². The first-order valence-corrected chi connectivity index (χ1v) is 4.92. The first-order valence-electron chi connectivity index (χ1n) is 4.92. The normalized spacial score (nSPS) is 10.2. The number of ether oxygens (including phenoxy) is 1. The van der Waals surface area contributed by atoms with E-state index in [1.807, 2.05) is 0 Å². The Morgan fingerprint density at radius 1 is 1.41 bits per heavy atom. The number of aromatic nitrogens is 2. The number of hydrogen-bond donors (Lipinski definition) is 1. The van der Waals surface area contributed by atoms with Crippen LogP contribution in [0.1, 0.15) is 0 Å². The van der Waals surface area contributed by atoms with Gasteiger partial charge in [0.1, 0.15) is 0 Å². The average molecular weight is 233 g/mol. The van der Waals surface area contributed by atoms with Crippen LogP contribution in [0.4, 0.5) is 5.69 Å². The lowest BCUT2D eigenvalue weighted by molar-refractivity contribution is -0.151. The first-order chi connectivity index (χ1) is 8.13. The molecule has 0 aliphatic heterocycles. The molecule has 2 aromatic rings. The largest absolute Gasteiger partial charge is 0.462 e. The number of nitrogens with zero attached hydrogens (tertiary/aromatic N) is 2. The molecule has 88 valence electrons. The molecule has 1 heterocycles. The van der Waals surface area contributed by atoms with E-state index < -0.39 is 11.9 Å². The van der Waals surface area contributed by atoms with Crippen molar-refractivity contribution in [1.82, 2.24) is 9.97 Å². The number of fused-ring (bicyclic) bond motifs is 1. The van der Waals surface area contributed by atoms with Gasteiger partial charge in [-0.15, -0.1) is 0 Å². The number of rotatable bonds is 1. The molecule has 6 heteroatoms. The van der Waals surface area contributed by atoms with Crippen molar-refractivity contribution < 1.29 is 14.3 Å². The number of esters is 1. The van der Waals surface area contributed by atoms with E-state index in [0.717, 1.165) is 11.0 Å². The highest BCUT2D eigenvalue weighted by molar-refractivity contribution is 6.38. The van der Waals surface area contributed by atoms with Gasteiger partial charge in [-0.1, -0.05) is 0 Å². The van der Waals surface area contributed by atoms with Crippen LogP contribution in [-0.2, 0) is 14.3 Å². The maximum absolute atomic E-state index is 11.6. The highest BCUT2D eigenvalue weighted by Crippen LogP contribution is 2.18. The first kappa shape index (κ1) is 11.1. The fourth-order valence-corrected chi connectivity index (χ4v) is 1.47. The summed E-state index contributed by atoms with van der Waals surface area (Å²) >= 11 is 0. The molecule has 0 saturated heterocycles. The summed E-state index contributed by atoms with van der Waals surface area (Å²) < 4.78 is 4.38. The van der Waals surface area contributed by atoms with Crippen molar-refractivity contribution in [2.24, 2.45) is 0 Å². The molecule has 0 aliphatic rings. The quantitative estimate of drug-likeness (QED) is 0.581. The van der Waals surface area contributed by atoms with Crippen LogP contribution < -0.4 is 4.90 Å². The van der Waals surface area contributed by atoms with Gasteiger partial charge in [0.05, 0.1) is 24.5 Å². The molecule has 0 fully saturated rings. The number of benzene rings is 1. The molecule has 2 rings (SSSR count). The minimum absolute atomic E-state index is 0.595. The van der Waals surface area contributed by atoms with E-state index in [0.29, 0.717) is 5.69 Å². The van der Waals surface area contributed by atoms with Crippen molar-refractivity contribution in [3.63, 3.8) is 0 Å². The Labute approximate surface area is 97.2 Å². The van der Waals surface area contributed by atoms with Gasteiger partial charge in [0.25, 0.3) is 0 Å². The van der Waals surface area contributed by atoms with E-state index in [4.69, 9.17) is 0 Å². The van der Waals surface area contributed by atoms with Crippen LogP contribution in [0.2, 0.25) is 0 Å². The molecule has 0 aliphatic carbocycles. The summed E-state index contributed by atoms with van der Waals surface area (Å²) in [4.78, 5) is 30.9. The number of methoxy groups -OCH3 is 1. The Balaban J connectivity index is 2.32. The van der Waals surface area contributed by atoms with E-state index >= 15 is 0 Å². The van der Waals surface area contributed by atoms with E-state index in [2.05, 4.69) is 14.7 Å². The summed E-state index contributed by atoms with van der Waals surface area (Å²) in [5, 5.41) is 0. The zero-order valence-corrected chi connectivity index (χ0v) is 9.43. The molecule has 0 bridgehead atoms. The number of carbonyl (C=O) groups excluding carboxylic acids is 2. The topological polar surface area (TPSA) is 75.3 Å². The molecular weight excluding hydrogens is 222 g/mol. The molecule has 17 heavy (non-hydrogen) atoms. The van der Waals surface area contributed by atoms with Crippen LogP contribution in [0.5, 0.6) is 0 Å². The van der Waals surface area contributed by atoms with Crippen LogP contribution >= 0.6 is 0 Å². The third-order valence-corrected chi connectivity index (χ3v) is 2.46. The van der Waals surface area contributed by atoms with Gasteiger partial charge in [-0.25, -0.2) is 9.78 Å². The van der Waals surface area contributed by atoms with Gasteiger partial charge in [-0.05, 0) is 18.2 Å². The molecule has 0 radical (unpaired) electrons. The number of imidazole rings is 1. The summed E-state index contributed by atoms with van der Waals surface area (Å²) in [6, 6.07) is 5.22. The lowest BCUT2D eigenvalue weighted by Crippen LogP contribution is -2.33. The third-order valence-electron chi connectivity index (χ3n) is 2.46. The Hall–Kier alpha value is -2.37. The fraction of sp³-hybridized carbons (Fsp3) is 0.182. The van der Waals surface area contributed by atoms with Gasteiger partial charge in [0.15, 0.2) is 0 Å². The average Bonchev–Trinajstić information content (AvgIpc) is 2.83. The summed E-state index contributed by atoms with van der Waals surface area (Å²) in [5.74, 6) is -1.61. The molecule has 1 aromatic carbocycles. The van der Waals surface area contributed by atoms with Crippen molar-refractivity contribution in [2.75, 3.05) is 19.1 Å². The van der Waals surface area contributed by atoms with Crippen LogP contribution in [0.25, 0.3) is 11.0 Å². The molecule has 6 nitrogen and oxygen atoms in total. The second-order valence-corrected chi connectivity index (χ2v) is 3.46. The number of anilines is 1. The maximum atomic E-state index is 11.6. The molecule has 1 N–H and O–H groups in total. The number of hydrogen-bond acceptors (Lipinski definition) is 4. The minimum atomic E-state index is -0.891. The summed E-state index contributed by atoms with van der Waals surface area (Å²) in [6.07, 6.45) is 1.57. The number of H-pyrrole nitrogens is 1. The van der Waals surface area contributed by atoms with Crippen molar-refractivity contribution in [2.45, 2.75) is 0 Å². The highest BCUT2D eigenvalue weighted by Gasteiger charge is 2.20. The summed E-state index contributed by atoms with van der Waals surface area (Å²) in [7, 11) is 2.68. The monoisotopic (exact) mass is 233 g/mol. The Bertz CT molecular complexity index is 576. The Morgan fingerprint density at radius 2 is 2.18 bits per heavy atom. The number of carbonyl (C=O) groups is 2. The van der Waals surface area contributed by atoms with Gasteiger partial charge in [-0.2, -0.15) is 0 Å². The van der Waals surface area contributed by atoms with Crippen LogP contribution in [0, 0.1) is 0 Å². The minimum Gasteiger partial charge on any atom is -0.462 e. The van der Waals surface area contributed by atoms with Crippen LogP contribution in [-0.4, -0.2) is 36.0 Å². The number of aromatic amines is 1. The van der Waals surface area contributed by atoms with Crippen molar-refractivity contribution >= 4 is 28.6 Å². The maximum Gasteiger partial charge on any atom is 0.397 e. The lowest BCUT2D eigenvalue weighted by atomic mass is 10.2. The summed E-state index contributed by atoms with van der Waals surface area (Å²) in [6.45, 7) is 0. The van der Waals surface area contributed by atoms with Crippen LogP contribution in [0.15, 0.2) is 24.5 Å². The molecule has 0 unspecified atom stereocenters. The van der Waals surface area contributed by atoms with Gasteiger partial charge < -0.3 is 14.6 Å². The standard InChI is InChI=1S/C11H11N3O3/c1-14(10(15)11(16)17-2)7-3-4-8-9(5-7)13-6-12-8/h3-6H,1-2H3,(H,12,13). The third kappa shape index (κ3) is 1.96. The lowest BCUT2D eigenvalue weighted by Gasteiger charge is -2.15. The predicted octanol–water partition coefficient (Wildman–Crippen LogP) is 0.699. The molecule has 0 atom stereocenters. The number of likely N-dealkylation sites (N-methyl/N-ethyl adjacent to an activating group) is 1. The Morgan fingerprint density at radius 3 is 2.88 bits per heavy atom. The van der Waals surface area contributed by atoms with Gasteiger partial charge in [0.2, 0.25) is 0 Å². The van der Waals surface area contributed by atoms with E-state index in [1.54, 1.807) is 24.5 Å². The van der Waals surface area contributed by atoms with Crippen molar-refractivity contribution in [3.05, 3.63) is 24.5 Å². The van der Waals surface area contributed by atoms with E-state index in [-0.39, 0.29) is 0 Å². The second kappa shape index (κ2) is 4.25. The Kier molecular flexibility index (Phi) is 2.78. The van der Waals surface area contributed by atoms with E-state index in [1.165, 1.54) is 19.1 Å². The molecule has 0 spiro atoms. The number of nitrogens with one attached hydrogen (secondary N) is 1.